The molecule has 1 aliphatic carbocycles. The molecule has 0 N–H and O–H groups in total. The minimum Gasteiger partial charge on any atom is -0.381 e. The maximum absolute atomic E-state index is 13.2. The first-order chi connectivity index (χ1) is 6.96. The maximum atomic E-state index is 13.2. The van der Waals surface area contributed by atoms with Gasteiger partial charge in [-0.1, -0.05) is 19.9 Å². The molecule has 2 aliphatic rings. The summed E-state index contributed by atoms with van der Waals surface area (Å²) in [5.41, 5.74) is 0.226. The molecule has 2 atom stereocenters. The molecule has 2 unspecified atom stereocenters. The minimum absolute atomic E-state index is 0.226. The quantitative estimate of drug-likeness (QED) is 0.655. The summed E-state index contributed by atoms with van der Waals surface area (Å²) in [6.45, 7) is 4.67. The van der Waals surface area contributed by atoms with Crippen LogP contribution in [0.5, 0.6) is 0 Å². The van der Waals surface area contributed by atoms with Crippen LogP contribution in [0.1, 0.15) is 26.7 Å². The van der Waals surface area contributed by atoms with Crippen molar-refractivity contribution in [2.24, 2.45) is 17.3 Å². The molecule has 0 aromatic rings. The van der Waals surface area contributed by atoms with Gasteiger partial charge in [0.1, 0.15) is 0 Å². The summed E-state index contributed by atoms with van der Waals surface area (Å²) in [6, 6.07) is 0. The van der Waals surface area contributed by atoms with Gasteiger partial charge in [-0.15, -0.1) is 0 Å². The molecule has 0 aromatic heterocycles. The van der Waals surface area contributed by atoms with Crippen LogP contribution in [0.2, 0.25) is 0 Å². The van der Waals surface area contributed by atoms with E-state index in [2.05, 4.69) is 0 Å². The number of hydrogen-bond acceptors (Lipinski definition) is 1. The number of halogens is 2. The number of alkyl halides is 2. The van der Waals surface area contributed by atoms with E-state index in [1.165, 1.54) is 0 Å². The van der Waals surface area contributed by atoms with Crippen molar-refractivity contribution < 1.29 is 13.5 Å². The zero-order chi connectivity index (χ0) is 11.1. The number of ether oxygens (including phenoxy) is 1. The van der Waals surface area contributed by atoms with Crippen LogP contribution in [0.25, 0.3) is 0 Å². The monoisotopic (exact) mass is 216 g/mol. The van der Waals surface area contributed by atoms with Gasteiger partial charge in [0.05, 0.1) is 13.2 Å². The number of fused-ring (bicyclic) bond motifs is 1. The summed E-state index contributed by atoms with van der Waals surface area (Å²) in [7, 11) is 0. The smallest absolute Gasteiger partial charge is 0.268 e. The zero-order valence-electron chi connectivity index (χ0n) is 9.30. The summed E-state index contributed by atoms with van der Waals surface area (Å²) in [4.78, 5) is 0. The van der Waals surface area contributed by atoms with Crippen LogP contribution < -0.4 is 0 Å². The fraction of sp³-hybridized carbons (Fsp3) is 0.833. The average molecular weight is 216 g/mol. The fourth-order valence-electron chi connectivity index (χ4n) is 2.20. The molecule has 0 spiro atoms. The third-order valence-electron chi connectivity index (χ3n) is 3.70. The SMILES string of the molecule is CC(C)C(F)(F)/C=C/CC12COCC1C2. The molecular formula is C12H18F2O. The van der Waals surface area contributed by atoms with Gasteiger partial charge in [0.2, 0.25) is 0 Å². The Hall–Kier alpha value is -0.440. The van der Waals surface area contributed by atoms with Crippen LogP contribution >= 0.6 is 0 Å². The second-order valence-corrected chi connectivity index (χ2v) is 5.21. The van der Waals surface area contributed by atoms with Gasteiger partial charge < -0.3 is 4.74 Å². The Labute approximate surface area is 89.5 Å². The van der Waals surface area contributed by atoms with Crippen molar-refractivity contribution in [1.82, 2.24) is 0 Å². The van der Waals surface area contributed by atoms with Gasteiger partial charge in [0.25, 0.3) is 5.92 Å². The van der Waals surface area contributed by atoms with Crippen molar-refractivity contribution in [2.45, 2.75) is 32.6 Å². The third kappa shape index (κ3) is 2.07. The molecule has 0 amide bonds. The van der Waals surface area contributed by atoms with Gasteiger partial charge in [-0.25, -0.2) is 8.78 Å². The Kier molecular flexibility index (Phi) is 2.61. The fourth-order valence-corrected chi connectivity index (χ4v) is 2.20. The van der Waals surface area contributed by atoms with Crippen LogP contribution in [0, 0.1) is 17.3 Å². The largest absolute Gasteiger partial charge is 0.381 e. The molecule has 0 radical (unpaired) electrons. The van der Waals surface area contributed by atoms with Gasteiger partial charge in [0.15, 0.2) is 0 Å². The molecule has 86 valence electrons. The standard InChI is InChI=1S/C12H18F2O/c1-9(2)12(13,14)5-3-4-11-6-10(11)7-15-8-11/h3,5,9-10H,4,6-8H2,1-2H3/b5-3+. The Morgan fingerprint density at radius 3 is 2.73 bits per heavy atom. The summed E-state index contributed by atoms with van der Waals surface area (Å²) in [5.74, 6) is -2.66. The van der Waals surface area contributed by atoms with Crippen molar-refractivity contribution in [3.63, 3.8) is 0 Å². The van der Waals surface area contributed by atoms with Gasteiger partial charge in [0, 0.05) is 11.3 Å². The molecule has 1 saturated heterocycles. The van der Waals surface area contributed by atoms with Crippen LogP contribution in [0.3, 0.4) is 0 Å². The molecule has 2 fully saturated rings. The van der Waals surface area contributed by atoms with E-state index < -0.39 is 11.8 Å². The first kappa shape index (κ1) is 11.1. The van der Waals surface area contributed by atoms with Gasteiger partial charge in [-0.3, -0.25) is 0 Å². The minimum atomic E-state index is -2.67. The van der Waals surface area contributed by atoms with E-state index in [-0.39, 0.29) is 5.41 Å². The van der Waals surface area contributed by atoms with Crippen LogP contribution in [0.4, 0.5) is 8.78 Å². The van der Waals surface area contributed by atoms with Gasteiger partial charge >= 0.3 is 0 Å². The van der Waals surface area contributed by atoms with Crippen LogP contribution in [0.15, 0.2) is 12.2 Å². The lowest BCUT2D eigenvalue weighted by Crippen LogP contribution is -2.20. The molecule has 15 heavy (non-hydrogen) atoms. The van der Waals surface area contributed by atoms with E-state index in [4.69, 9.17) is 4.74 Å². The topological polar surface area (TPSA) is 9.23 Å². The Morgan fingerprint density at radius 1 is 1.53 bits per heavy atom. The van der Waals surface area contributed by atoms with Crippen molar-refractivity contribution in [1.29, 1.82) is 0 Å². The van der Waals surface area contributed by atoms with E-state index in [1.54, 1.807) is 19.9 Å². The molecule has 0 aromatic carbocycles. The highest BCUT2D eigenvalue weighted by atomic mass is 19.3. The molecule has 0 bridgehead atoms. The van der Waals surface area contributed by atoms with E-state index in [9.17, 15) is 8.78 Å². The lowest BCUT2D eigenvalue weighted by molar-refractivity contribution is 0.00588. The molecule has 1 saturated carbocycles. The molecule has 1 nitrogen and oxygen atoms in total. The summed E-state index contributed by atoms with van der Waals surface area (Å²) in [5, 5.41) is 0. The predicted octanol–water partition coefficient (Wildman–Crippen LogP) is 3.26. The van der Waals surface area contributed by atoms with Crippen LogP contribution in [-0.4, -0.2) is 19.1 Å². The highest BCUT2D eigenvalue weighted by Crippen LogP contribution is 2.59. The molecule has 1 aliphatic heterocycles. The van der Waals surface area contributed by atoms with E-state index in [1.807, 2.05) is 0 Å². The molecule has 2 rings (SSSR count). The lowest BCUT2D eigenvalue weighted by Gasteiger charge is -2.16. The van der Waals surface area contributed by atoms with Gasteiger partial charge in [-0.05, 0) is 24.8 Å². The average Bonchev–Trinajstić information content (AvgIpc) is 2.68. The zero-order valence-corrected chi connectivity index (χ0v) is 9.30. The number of hydrogen-bond donors (Lipinski definition) is 0. The van der Waals surface area contributed by atoms with Crippen LogP contribution in [-0.2, 0) is 4.74 Å². The lowest BCUT2D eigenvalue weighted by atomic mass is 9.99. The van der Waals surface area contributed by atoms with Crippen molar-refractivity contribution in [3.8, 4) is 0 Å². The van der Waals surface area contributed by atoms with Crippen molar-refractivity contribution in [2.75, 3.05) is 13.2 Å². The maximum Gasteiger partial charge on any atom is 0.268 e. The Bertz CT molecular complexity index is 273. The molecule has 3 heteroatoms. The number of allylic oxidation sites excluding steroid dienone is 2. The molecule has 1 heterocycles. The third-order valence-corrected chi connectivity index (χ3v) is 3.70. The second-order valence-electron chi connectivity index (χ2n) is 5.21. The Morgan fingerprint density at radius 2 is 2.27 bits per heavy atom. The van der Waals surface area contributed by atoms with E-state index in [0.29, 0.717) is 5.92 Å². The highest BCUT2D eigenvalue weighted by Gasteiger charge is 2.57. The predicted molar refractivity (Wildman–Crippen MR) is 54.9 cm³/mol. The highest BCUT2D eigenvalue weighted by molar-refractivity contribution is 5.10. The first-order valence-corrected chi connectivity index (χ1v) is 5.59. The van der Waals surface area contributed by atoms with Crippen molar-refractivity contribution in [3.05, 3.63) is 12.2 Å². The molecular weight excluding hydrogens is 198 g/mol. The van der Waals surface area contributed by atoms with Crippen molar-refractivity contribution >= 4 is 0 Å². The van der Waals surface area contributed by atoms with E-state index in [0.717, 1.165) is 32.1 Å². The summed E-state index contributed by atoms with van der Waals surface area (Å²) >= 11 is 0. The number of rotatable bonds is 4. The van der Waals surface area contributed by atoms with E-state index >= 15 is 0 Å². The second kappa shape index (κ2) is 3.55. The Balaban J connectivity index is 1.85. The first-order valence-electron chi connectivity index (χ1n) is 5.59. The summed E-state index contributed by atoms with van der Waals surface area (Å²) in [6.07, 6.45) is 4.62. The summed E-state index contributed by atoms with van der Waals surface area (Å²) < 4.78 is 31.8. The normalized spacial score (nSPS) is 35.1. The van der Waals surface area contributed by atoms with Gasteiger partial charge in [-0.2, -0.15) is 0 Å².